The van der Waals surface area contributed by atoms with Crippen LogP contribution in [-0.2, 0) is 45.5 Å². The van der Waals surface area contributed by atoms with Crippen LogP contribution in [0.15, 0.2) is 0 Å². The van der Waals surface area contributed by atoms with Gasteiger partial charge in [0.25, 0.3) is 0 Å². The van der Waals surface area contributed by atoms with Crippen LogP contribution in [0.2, 0.25) is 0 Å². The van der Waals surface area contributed by atoms with E-state index in [2.05, 4.69) is 61.5 Å². The van der Waals surface area contributed by atoms with Crippen molar-refractivity contribution in [2.75, 3.05) is 0 Å². The Labute approximate surface area is 113 Å². The van der Waals surface area contributed by atoms with Gasteiger partial charge in [-0.3, -0.25) is 40.7 Å². The maximum Gasteiger partial charge on any atom is 0 e. The quantitative estimate of drug-likeness (QED) is 0.460. The van der Waals surface area contributed by atoms with Crippen molar-refractivity contribution in [1.29, 1.82) is 0 Å². The van der Waals surface area contributed by atoms with E-state index in [4.69, 9.17) is 28.8 Å². The topological polar surface area (TPSA) is 102 Å². The molecule has 0 spiro atoms. The van der Waals surface area contributed by atoms with Crippen molar-refractivity contribution in [3.8, 4) is 0 Å². The van der Waals surface area contributed by atoms with E-state index in [0.29, 0.717) is 0 Å². The second-order valence-corrected chi connectivity index (χ2v) is 1.73. The predicted molar refractivity (Wildman–Crippen MR) is 61.0 cm³/mol. The van der Waals surface area contributed by atoms with Crippen LogP contribution in [0.3, 0.4) is 0 Å². The van der Waals surface area contributed by atoms with Gasteiger partial charge in [0.1, 0.15) is 0 Å². The van der Waals surface area contributed by atoms with Crippen molar-refractivity contribution in [3.05, 3.63) is 0 Å². The van der Waals surface area contributed by atoms with Crippen LogP contribution in [0.5, 0.6) is 0 Å². The zero-order valence-electron chi connectivity index (χ0n) is 9.82. The Morgan fingerprint density at radius 2 is 0.471 bits per heavy atom. The van der Waals surface area contributed by atoms with Gasteiger partial charge in [0.05, 0.1) is 0 Å². The second kappa shape index (κ2) is 1140. The molecule has 0 atom stereocenters. The average Bonchev–Trinajstić information content (AvgIpc) is 2.42. The van der Waals surface area contributed by atoms with Crippen LogP contribution in [0.1, 0.15) is 20.8 Å². The van der Waals surface area contributed by atoms with Crippen LogP contribution in [-0.4, -0.2) is 40.7 Å². The first-order chi connectivity index (χ1) is 7.73. The van der Waals surface area contributed by atoms with E-state index in [1.807, 2.05) is 0 Å². The number of carbonyl (C=O) groups excluding carboxylic acids is 6. The van der Waals surface area contributed by atoms with Crippen molar-refractivity contribution in [3.63, 3.8) is 0 Å². The first-order valence-corrected chi connectivity index (χ1v) is 3.15. The predicted octanol–water partition coefficient (Wildman–Crippen LogP) is 0.0152. The molecule has 107 valence electrons. The van der Waals surface area contributed by atoms with E-state index in [0.717, 1.165) is 5.92 Å². The Bertz CT molecular complexity index is 57.6. The number of hydrogen-bond donors (Lipinski definition) is 0. The fourth-order valence-electron chi connectivity index (χ4n) is 0. The van der Waals surface area contributed by atoms with Crippen LogP contribution in [0, 0.1) is 5.92 Å². The van der Waals surface area contributed by atoms with Crippen molar-refractivity contribution < 1.29 is 45.5 Å². The molecule has 0 heterocycles. The van der Waals surface area contributed by atoms with Crippen molar-refractivity contribution >= 4 is 40.7 Å². The Morgan fingerprint density at radius 3 is 0.471 bits per heavy atom. The molecular formula is C10H16CoO6-6. The molecule has 17 heavy (non-hydrogen) atoms. The molecule has 0 aliphatic rings. The smallest absolute Gasteiger partial charge is 0 e. The van der Waals surface area contributed by atoms with Gasteiger partial charge in [-0.25, -0.2) is 0 Å². The summed E-state index contributed by atoms with van der Waals surface area (Å²) in [5.74, 6) is 0.833. The molecule has 0 aromatic carbocycles. The fourth-order valence-corrected chi connectivity index (χ4v) is 0. The van der Waals surface area contributed by atoms with E-state index < -0.39 is 0 Å². The second-order valence-electron chi connectivity index (χ2n) is 1.73. The summed E-state index contributed by atoms with van der Waals surface area (Å²) >= 11 is 0. The molecule has 7 heteroatoms. The molecule has 0 aliphatic heterocycles. The molecule has 0 fully saturated rings. The molecule has 0 bridgehead atoms. The fraction of sp³-hybridized carbons (Fsp3) is 0.400. The molecule has 0 aromatic heterocycles. The third-order valence-electron chi connectivity index (χ3n) is 0. The van der Waals surface area contributed by atoms with Crippen molar-refractivity contribution in [1.82, 2.24) is 0 Å². The Hall–Kier alpha value is -1.47. The van der Waals surface area contributed by atoms with Gasteiger partial charge < -0.3 is 28.8 Å². The molecule has 0 amide bonds. The van der Waals surface area contributed by atoms with E-state index >= 15 is 0 Å². The van der Waals surface area contributed by atoms with Crippen LogP contribution in [0.4, 0.5) is 0 Å². The normalized spacial score (nSPS) is 3.53. The first kappa shape index (κ1) is 57.8. The molecule has 0 unspecified atom stereocenters. The summed E-state index contributed by atoms with van der Waals surface area (Å²) in [7, 11) is 0. The Kier molecular flexibility index (Phi) is 3880. The summed E-state index contributed by atoms with van der Waals surface area (Å²) in [4.78, 5) is 46.5. The van der Waals surface area contributed by atoms with Gasteiger partial charge in [-0.15, -0.1) is 0 Å². The molecular weight excluding hydrogens is 275 g/mol. The molecule has 0 N–H and O–H groups in total. The van der Waals surface area contributed by atoms with Crippen molar-refractivity contribution in [2.45, 2.75) is 20.8 Å². The zero-order valence-corrected chi connectivity index (χ0v) is 10.9. The molecule has 0 aliphatic carbocycles. The summed E-state index contributed by atoms with van der Waals surface area (Å²) in [6, 6.07) is 0. The molecule has 0 saturated heterocycles. The van der Waals surface area contributed by atoms with E-state index in [-0.39, 0.29) is 16.8 Å². The molecule has 1 radical (unpaired) electrons. The molecule has 0 aromatic rings. The Morgan fingerprint density at radius 1 is 0.471 bits per heavy atom. The minimum atomic E-state index is 0. The molecule has 0 rings (SSSR count). The van der Waals surface area contributed by atoms with Crippen molar-refractivity contribution in [2.24, 2.45) is 5.92 Å². The zero-order chi connectivity index (χ0) is 15.6. The third-order valence-corrected chi connectivity index (χ3v) is 0. The largest absolute Gasteiger partial charge is 0.545 e. The van der Waals surface area contributed by atoms with Crippen LogP contribution in [0.25, 0.3) is 0 Å². The third kappa shape index (κ3) is 1050. The van der Waals surface area contributed by atoms with Gasteiger partial charge in [0.15, 0.2) is 0 Å². The van der Waals surface area contributed by atoms with Gasteiger partial charge in [-0.1, -0.05) is 20.8 Å². The van der Waals surface area contributed by atoms with Gasteiger partial charge in [0.2, 0.25) is 0 Å². The summed E-state index contributed by atoms with van der Waals surface area (Å²) in [5.41, 5.74) is 0. The van der Waals surface area contributed by atoms with Gasteiger partial charge in [-0.05, 0) is 5.92 Å². The maximum absolute atomic E-state index is 7.75. The maximum atomic E-state index is 7.75. The van der Waals surface area contributed by atoms with Gasteiger partial charge in [-0.2, -0.15) is 0 Å². The van der Waals surface area contributed by atoms with Crippen LogP contribution < -0.4 is 0 Å². The number of hydrogen-bond acceptors (Lipinski definition) is 6. The standard InChI is InChI=1S/C4H10.6CHO.Co/c1-4(2)3;6*1-2;/h4H,1-3H3;6*1H;/q;6*-1;. The average molecular weight is 291 g/mol. The van der Waals surface area contributed by atoms with Gasteiger partial charge in [0, 0.05) is 16.8 Å². The SMILES string of the molecule is CC(C)C.[CH-]=O.[CH-]=O.[CH-]=O.[CH-]=O.[CH-]=O.[CH-]=O.[Co]. The van der Waals surface area contributed by atoms with E-state index in [9.17, 15) is 0 Å². The number of rotatable bonds is 0. The van der Waals surface area contributed by atoms with E-state index in [1.165, 1.54) is 0 Å². The molecule has 6 nitrogen and oxygen atoms in total. The van der Waals surface area contributed by atoms with Crippen LogP contribution >= 0.6 is 0 Å². The minimum Gasteiger partial charge on any atom is -0.545 e. The summed E-state index contributed by atoms with van der Waals surface area (Å²) < 4.78 is 0. The monoisotopic (exact) mass is 291 g/mol. The Balaban J connectivity index is -0.00000000946. The molecule has 0 saturated carbocycles. The summed E-state index contributed by atoms with van der Waals surface area (Å²) in [6.07, 6.45) is 0. The van der Waals surface area contributed by atoms with E-state index in [1.54, 1.807) is 0 Å². The summed E-state index contributed by atoms with van der Waals surface area (Å²) in [6.45, 7) is 26.0. The first-order valence-electron chi connectivity index (χ1n) is 3.15. The van der Waals surface area contributed by atoms with Gasteiger partial charge >= 0.3 is 0 Å². The summed E-state index contributed by atoms with van der Waals surface area (Å²) in [5, 5.41) is 0. The minimum absolute atomic E-state index is 0.